The van der Waals surface area contributed by atoms with Gasteiger partial charge in [-0.15, -0.1) is 0 Å². The van der Waals surface area contributed by atoms with Crippen molar-refractivity contribution < 1.29 is 18.0 Å². The number of rotatable bonds is 2. The average Bonchev–Trinajstić information content (AvgIpc) is 3.00. The minimum atomic E-state index is -3.34. The number of hydrogen-bond acceptors (Lipinski definition) is 4. The smallest absolute Gasteiger partial charge is 0.230 e. The van der Waals surface area contributed by atoms with E-state index in [9.17, 15) is 18.0 Å². The number of likely N-dealkylation sites (tertiary alicyclic amines) is 2. The molecule has 2 amide bonds. The van der Waals surface area contributed by atoms with Crippen LogP contribution in [0.25, 0.3) is 0 Å². The van der Waals surface area contributed by atoms with Crippen molar-refractivity contribution in [2.24, 2.45) is 10.8 Å². The van der Waals surface area contributed by atoms with Crippen molar-refractivity contribution in [3.8, 4) is 0 Å². The second kappa shape index (κ2) is 5.69. The lowest BCUT2D eigenvalue weighted by Gasteiger charge is -2.46. The molecule has 3 rings (SSSR count). The molecule has 0 radical (unpaired) electrons. The van der Waals surface area contributed by atoms with E-state index < -0.39 is 15.4 Å². The summed E-state index contributed by atoms with van der Waals surface area (Å²) in [5.74, 6) is 0.150. The largest absolute Gasteiger partial charge is 0.343 e. The molecule has 0 aromatic rings. The SMILES string of the molecule is CCN1CCC2(CN(S(C)(=O)=O)CC23CCN(C(C)=O)CC3)C1=O. The van der Waals surface area contributed by atoms with E-state index in [4.69, 9.17) is 0 Å². The highest BCUT2D eigenvalue weighted by atomic mass is 32.2. The maximum Gasteiger partial charge on any atom is 0.230 e. The van der Waals surface area contributed by atoms with Crippen LogP contribution >= 0.6 is 0 Å². The highest BCUT2D eigenvalue weighted by molar-refractivity contribution is 7.88. The molecule has 8 heteroatoms. The minimum Gasteiger partial charge on any atom is -0.343 e. The summed E-state index contributed by atoms with van der Waals surface area (Å²) >= 11 is 0. The summed E-state index contributed by atoms with van der Waals surface area (Å²) in [7, 11) is -3.34. The van der Waals surface area contributed by atoms with Gasteiger partial charge in [-0.25, -0.2) is 12.7 Å². The first-order chi connectivity index (χ1) is 11.2. The Morgan fingerprint density at radius 2 is 1.75 bits per heavy atom. The summed E-state index contributed by atoms with van der Waals surface area (Å²) in [6.07, 6.45) is 3.33. The topological polar surface area (TPSA) is 78.0 Å². The van der Waals surface area contributed by atoms with Crippen LogP contribution < -0.4 is 0 Å². The molecule has 1 unspecified atom stereocenters. The van der Waals surface area contributed by atoms with Crippen LogP contribution in [0.15, 0.2) is 0 Å². The number of carbonyl (C=O) groups excluding carboxylic acids is 2. The highest BCUT2D eigenvalue weighted by Crippen LogP contribution is 2.58. The Bertz CT molecular complexity index is 654. The third kappa shape index (κ3) is 2.45. The van der Waals surface area contributed by atoms with Crippen LogP contribution in [-0.4, -0.2) is 79.9 Å². The van der Waals surface area contributed by atoms with Crippen LogP contribution in [0.5, 0.6) is 0 Å². The fourth-order valence-corrected chi connectivity index (χ4v) is 5.85. The molecule has 3 fully saturated rings. The first-order valence-corrected chi connectivity index (χ1v) is 10.5. The van der Waals surface area contributed by atoms with Gasteiger partial charge in [0.05, 0.1) is 11.7 Å². The maximum absolute atomic E-state index is 13.1. The quantitative estimate of drug-likeness (QED) is 0.704. The molecule has 0 aromatic heterocycles. The molecule has 1 atom stereocenters. The van der Waals surface area contributed by atoms with E-state index in [-0.39, 0.29) is 17.2 Å². The van der Waals surface area contributed by atoms with Gasteiger partial charge in [0.25, 0.3) is 0 Å². The van der Waals surface area contributed by atoms with E-state index in [0.29, 0.717) is 58.5 Å². The summed E-state index contributed by atoms with van der Waals surface area (Å²) in [6, 6.07) is 0. The Kier molecular flexibility index (Phi) is 4.19. The Labute approximate surface area is 144 Å². The zero-order valence-corrected chi connectivity index (χ0v) is 15.6. The van der Waals surface area contributed by atoms with Crippen molar-refractivity contribution in [1.82, 2.24) is 14.1 Å². The summed E-state index contributed by atoms with van der Waals surface area (Å²) < 4.78 is 25.8. The molecule has 0 bridgehead atoms. The molecule has 3 aliphatic rings. The number of fused-ring (bicyclic) bond motifs is 1. The Hall–Kier alpha value is -1.15. The van der Waals surface area contributed by atoms with Crippen LogP contribution in [0.4, 0.5) is 0 Å². The van der Waals surface area contributed by atoms with Crippen molar-refractivity contribution in [3.05, 3.63) is 0 Å². The molecule has 3 heterocycles. The first kappa shape index (κ1) is 17.7. The van der Waals surface area contributed by atoms with Gasteiger partial charge < -0.3 is 9.80 Å². The van der Waals surface area contributed by atoms with Gasteiger partial charge >= 0.3 is 0 Å². The molecule has 0 N–H and O–H groups in total. The van der Waals surface area contributed by atoms with Crippen molar-refractivity contribution >= 4 is 21.8 Å². The third-order valence-electron chi connectivity index (χ3n) is 6.46. The standard InChI is InChI=1S/C16H27N3O4S/c1-4-17-10-7-16(14(17)21)12-19(24(3,22)23)11-15(16)5-8-18(9-6-15)13(2)20/h4-12H2,1-3H3. The average molecular weight is 357 g/mol. The molecule has 2 spiro atoms. The Morgan fingerprint density at radius 3 is 2.21 bits per heavy atom. The molecule has 3 saturated heterocycles. The van der Waals surface area contributed by atoms with Crippen molar-refractivity contribution in [3.63, 3.8) is 0 Å². The summed E-state index contributed by atoms with van der Waals surface area (Å²) in [5.41, 5.74) is -0.960. The molecule has 0 aromatic carbocycles. The van der Waals surface area contributed by atoms with E-state index >= 15 is 0 Å². The van der Waals surface area contributed by atoms with Gasteiger partial charge in [-0.3, -0.25) is 9.59 Å². The Balaban J connectivity index is 1.96. The van der Waals surface area contributed by atoms with E-state index in [2.05, 4.69) is 0 Å². The number of piperidine rings is 1. The lowest BCUT2D eigenvalue weighted by atomic mass is 9.60. The molecule has 136 valence electrons. The van der Waals surface area contributed by atoms with Gasteiger partial charge in [0.1, 0.15) is 0 Å². The monoisotopic (exact) mass is 357 g/mol. The predicted octanol–water partition coefficient (Wildman–Crippen LogP) is 0.129. The van der Waals surface area contributed by atoms with Crippen molar-refractivity contribution in [1.29, 1.82) is 0 Å². The van der Waals surface area contributed by atoms with Crippen LogP contribution in [0, 0.1) is 10.8 Å². The van der Waals surface area contributed by atoms with E-state index in [0.717, 1.165) is 0 Å². The predicted molar refractivity (Wildman–Crippen MR) is 89.6 cm³/mol. The zero-order valence-electron chi connectivity index (χ0n) is 14.7. The number of hydrogen-bond donors (Lipinski definition) is 0. The summed E-state index contributed by atoms with van der Waals surface area (Å²) in [6.45, 7) is 6.79. The molecule has 0 saturated carbocycles. The second-order valence-corrected chi connectivity index (χ2v) is 9.52. The number of carbonyl (C=O) groups is 2. The van der Waals surface area contributed by atoms with Crippen LogP contribution in [0.2, 0.25) is 0 Å². The minimum absolute atomic E-state index is 0.0461. The molecule has 0 aliphatic carbocycles. The van der Waals surface area contributed by atoms with Crippen LogP contribution in [-0.2, 0) is 19.6 Å². The summed E-state index contributed by atoms with van der Waals surface area (Å²) in [5, 5.41) is 0. The lowest BCUT2D eigenvalue weighted by Crippen LogP contribution is -2.53. The third-order valence-corrected chi connectivity index (χ3v) is 7.66. The molecular formula is C16H27N3O4S. The fraction of sp³-hybridized carbons (Fsp3) is 0.875. The van der Waals surface area contributed by atoms with Gasteiger partial charge in [-0.2, -0.15) is 0 Å². The fourth-order valence-electron chi connectivity index (χ4n) is 4.91. The van der Waals surface area contributed by atoms with Crippen LogP contribution in [0.1, 0.15) is 33.1 Å². The summed E-state index contributed by atoms with van der Waals surface area (Å²) in [4.78, 5) is 28.4. The molecule has 3 aliphatic heterocycles. The van der Waals surface area contributed by atoms with Crippen molar-refractivity contribution in [2.45, 2.75) is 33.1 Å². The number of nitrogens with zero attached hydrogens (tertiary/aromatic N) is 3. The highest BCUT2D eigenvalue weighted by Gasteiger charge is 2.66. The number of amides is 2. The van der Waals surface area contributed by atoms with Crippen LogP contribution in [0.3, 0.4) is 0 Å². The first-order valence-electron chi connectivity index (χ1n) is 8.65. The molecule has 24 heavy (non-hydrogen) atoms. The van der Waals surface area contributed by atoms with Crippen molar-refractivity contribution in [2.75, 3.05) is 45.5 Å². The van der Waals surface area contributed by atoms with E-state index in [1.807, 2.05) is 11.8 Å². The van der Waals surface area contributed by atoms with Gasteiger partial charge in [0.15, 0.2) is 0 Å². The normalized spacial score (nSPS) is 30.7. The van der Waals surface area contributed by atoms with E-state index in [1.54, 1.807) is 11.8 Å². The maximum atomic E-state index is 13.1. The Morgan fingerprint density at radius 1 is 1.12 bits per heavy atom. The van der Waals surface area contributed by atoms with Gasteiger partial charge in [0.2, 0.25) is 21.8 Å². The van der Waals surface area contributed by atoms with Gasteiger partial charge in [-0.05, 0) is 26.2 Å². The number of sulfonamides is 1. The zero-order chi connectivity index (χ0) is 17.8. The second-order valence-electron chi connectivity index (χ2n) is 7.53. The van der Waals surface area contributed by atoms with E-state index in [1.165, 1.54) is 10.6 Å². The molecule has 7 nitrogen and oxygen atoms in total. The van der Waals surface area contributed by atoms with Gasteiger partial charge in [-0.1, -0.05) is 0 Å². The lowest BCUT2D eigenvalue weighted by molar-refractivity contribution is -0.143. The van der Waals surface area contributed by atoms with Gasteiger partial charge in [0, 0.05) is 51.6 Å². The molecular weight excluding hydrogens is 330 g/mol.